The number of halogens is 3. The molecular weight excluding hydrogens is 199 g/mol. The number of nitrogens with zero attached hydrogens (tertiary/aromatic N) is 2. The minimum absolute atomic E-state index is 0.0209. The van der Waals surface area contributed by atoms with Crippen LogP contribution in [0.2, 0.25) is 0 Å². The summed E-state index contributed by atoms with van der Waals surface area (Å²) in [6, 6.07) is 0. The second kappa shape index (κ2) is 4.41. The number of nitrogens with one attached hydrogen (secondary N) is 1. The molecule has 0 saturated heterocycles. The van der Waals surface area contributed by atoms with Gasteiger partial charge < -0.3 is 9.73 Å². The molecule has 1 N–H and O–H groups in total. The average Bonchev–Trinajstić information content (AvgIpc) is 2.49. The number of aryl methyl sites for hydroxylation is 1. The van der Waals surface area contributed by atoms with Crippen molar-refractivity contribution in [1.29, 1.82) is 0 Å². The van der Waals surface area contributed by atoms with Crippen LogP contribution in [0.4, 0.5) is 13.2 Å². The van der Waals surface area contributed by atoms with Crippen molar-refractivity contribution < 1.29 is 17.6 Å². The standard InChI is InChI=1S/C7H10F3N3O/c1-11-4-6-13-12-5(14-6)2-3-7(8,9)10/h11H,2-4H2,1H3. The maximum atomic E-state index is 11.8. The van der Waals surface area contributed by atoms with Gasteiger partial charge in [-0.05, 0) is 7.05 Å². The van der Waals surface area contributed by atoms with Gasteiger partial charge in [-0.2, -0.15) is 13.2 Å². The summed E-state index contributed by atoms with van der Waals surface area (Å²) in [6.45, 7) is 0.360. The molecule has 0 radical (unpaired) electrons. The second-order valence-electron chi connectivity index (χ2n) is 2.74. The molecule has 80 valence electrons. The Balaban J connectivity index is 2.44. The van der Waals surface area contributed by atoms with Gasteiger partial charge in [0.05, 0.1) is 13.0 Å². The predicted octanol–water partition coefficient (Wildman–Crippen LogP) is 1.28. The molecule has 14 heavy (non-hydrogen) atoms. The molecule has 0 saturated carbocycles. The van der Waals surface area contributed by atoms with Crippen molar-refractivity contribution in [2.75, 3.05) is 7.05 Å². The minimum Gasteiger partial charge on any atom is -0.424 e. The Labute approximate surface area is 78.5 Å². The Morgan fingerprint density at radius 1 is 1.29 bits per heavy atom. The molecule has 0 aliphatic rings. The third-order valence-electron chi connectivity index (χ3n) is 1.46. The van der Waals surface area contributed by atoms with Gasteiger partial charge in [-0.15, -0.1) is 10.2 Å². The topological polar surface area (TPSA) is 51.0 Å². The van der Waals surface area contributed by atoms with Gasteiger partial charge in [0.2, 0.25) is 11.8 Å². The van der Waals surface area contributed by atoms with E-state index >= 15 is 0 Å². The van der Waals surface area contributed by atoms with Crippen molar-refractivity contribution in [1.82, 2.24) is 15.5 Å². The molecule has 0 atom stereocenters. The number of alkyl halides is 3. The number of rotatable bonds is 4. The SMILES string of the molecule is CNCc1nnc(CCC(F)(F)F)o1. The summed E-state index contributed by atoms with van der Waals surface area (Å²) in [5, 5.41) is 9.79. The fourth-order valence-corrected chi connectivity index (χ4v) is 0.861. The van der Waals surface area contributed by atoms with E-state index in [1.165, 1.54) is 0 Å². The van der Waals surface area contributed by atoms with Crippen LogP contribution in [0.15, 0.2) is 4.42 Å². The first kappa shape index (κ1) is 11.0. The Morgan fingerprint density at radius 3 is 2.50 bits per heavy atom. The molecular formula is C7H10F3N3O. The average molecular weight is 209 g/mol. The third-order valence-corrected chi connectivity index (χ3v) is 1.46. The quantitative estimate of drug-likeness (QED) is 0.811. The van der Waals surface area contributed by atoms with Crippen LogP contribution in [0.1, 0.15) is 18.2 Å². The summed E-state index contributed by atoms with van der Waals surface area (Å²) in [5.41, 5.74) is 0. The van der Waals surface area contributed by atoms with Crippen LogP contribution < -0.4 is 5.32 Å². The van der Waals surface area contributed by atoms with E-state index in [2.05, 4.69) is 15.5 Å². The van der Waals surface area contributed by atoms with Gasteiger partial charge in [0.15, 0.2) is 0 Å². The molecule has 0 unspecified atom stereocenters. The highest BCUT2D eigenvalue weighted by Crippen LogP contribution is 2.21. The molecule has 0 aliphatic carbocycles. The van der Waals surface area contributed by atoms with Crippen LogP contribution >= 0.6 is 0 Å². The lowest BCUT2D eigenvalue weighted by Gasteiger charge is -2.01. The normalized spacial score (nSPS) is 12.0. The lowest BCUT2D eigenvalue weighted by atomic mass is 10.3. The maximum absolute atomic E-state index is 11.8. The molecule has 0 amide bonds. The summed E-state index contributed by atoms with van der Waals surface area (Å²) in [4.78, 5) is 0. The molecule has 1 heterocycles. The summed E-state index contributed by atoms with van der Waals surface area (Å²) in [6.07, 6.45) is -5.38. The van der Waals surface area contributed by atoms with Crippen LogP contribution in [0, 0.1) is 0 Å². The molecule has 1 aromatic rings. The lowest BCUT2D eigenvalue weighted by Crippen LogP contribution is -2.08. The second-order valence-corrected chi connectivity index (χ2v) is 2.74. The summed E-state index contributed by atoms with van der Waals surface area (Å²) < 4.78 is 40.3. The highest BCUT2D eigenvalue weighted by atomic mass is 19.4. The smallest absolute Gasteiger partial charge is 0.389 e. The van der Waals surface area contributed by atoms with Gasteiger partial charge in [0, 0.05) is 6.42 Å². The Hall–Kier alpha value is -1.11. The van der Waals surface area contributed by atoms with E-state index in [-0.39, 0.29) is 12.3 Å². The van der Waals surface area contributed by atoms with Crippen molar-refractivity contribution in [2.45, 2.75) is 25.6 Å². The molecule has 0 aromatic carbocycles. The van der Waals surface area contributed by atoms with E-state index in [9.17, 15) is 13.2 Å². The largest absolute Gasteiger partial charge is 0.424 e. The lowest BCUT2D eigenvalue weighted by molar-refractivity contribution is -0.134. The van der Waals surface area contributed by atoms with Gasteiger partial charge >= 0.3 is 6.18 Å². The highest BCUT2D eigenvalue weighted by molar-refractivity contribution is 4.82. The first-order valence-corrected chi connectivity index (χ1v) is 4.04. The third kappa shape index (κ3) is 3.73. The molecule has 7 heteroatoms. The number of hydrogen-bond donors (Lipinski definition) is 1. The first-order valence-electron chi connectivity index (χ1n) is 4.04. The minimum atomic E-state index is -4.18. The van der Waals surface area contributed by atoms with Crippen molar-refractivity contribution in [3.63, 3.8) is 0 Å². The van der Waals surface area contributed by atoms with Gasteiger partial charge in [-0.3, -0.25) is 0 Å². The van der Waals surface area contributed by atoms with Crippen molar-refractivity contribution >= 4 is 0 Å². The predicted molar refractivity (Wildman–Crippen MR) is 41.4 cm³/mol. The van der Waals surface area contributed by atoms with E-state index in [0.29, 0.717) is 12.4 Å². The Kier molecular flexibility index (Phi) is 3.45. The fraction of sp³-hybridized carbons (Fsp3) is 0.714. The number of aromatic nitrogens is 2. The first-order chi connectivity index (χ1) is 6.51. The van der Waals surface area contributed by atoms with E-state index in [0.717, 1.165) is 0 Å². The summed E-state index contributed by atoms with van der Waals surface area (Å²) in [7, 11) is 1.68. The molecule has 0 aliphatic heterocycles. The van der Waals surface area contributed by atoms with Gasteiger partial charge in [-0.25, -0.2) is 0 Å². The molecule has 0 spiro atoms. The van der Waals surface area contributed by atoms with Crippen LogP contribution in [0.5, 0.6) is 0 Å². The van der Waals surface area contributed by atoms with Crippen molar-refractivity contribution in [3.05, 3.63) is 11.8 Å². The zero-order valence-corrected chi connectivity index (χ0v) is 7.56. The molecule has 0 fully saturated rings. The monoisotopic (exact) mass is 209 g/mol. The molecule has 0 bridgehead atoms. The van der Waals surface area contributed by atoms with E-state index in [4.69, 9.17) is 4.42 Å². The van der Waals surface area contributed by atoms with Crippen molar-refractivity contribution in [2.24, 2.45) is 0 Å². The maximum Gasteiger partial charge on any atom is 0.389 e. The van der Waals surface area contributed by atoms with E-state index in [1.807, 2.05) is 0 Å². The van der Waals surface area contributed by atoms with Crippen LogP contribution in [-0.4, -0.2) is 23.4 Å². The molecule has 1 rings (SSSR count). The highest BCUT2D eigenvalue weighted by Gasteiger charge is 2.27. The Bertz CT molecular complexity index is 284. The van der Waals surface area contributed by atoms with Gasteiger partial charge in [0.25, 0.3) is 0 Å². The fourth-order valence-electron chi connectivity index (χ4n) is 0.861. The summed E-state index contributed by atoms with van der Waals surface area (Å²) >= 11 is 0. The molecule has 4 nitrogen and oxygen atoms in total. The van der Waals surface area contributed by atoms with Crippen LogP contribution in [0.25, 0.3) is 0 Å². The van der Waals surface area contributed by atoms with Gasteiger partial charge in [-0.1, -0.05) is 0 Å². The number of hydrogen-bond acceptors (Lipinski definition) is 4. The van der Waals surface area contributed by atoms with E-state index < -0.39 is 12.6 Å². The molecule has 1 aromatic heterocycles. The zero-order chi connectivity index (χ0) is 10.6. The van der Waals surface area contributed by atoms with Crippen LogP contribution in [-0.2, 0) is 13.0 Å². The van der Waals surface area contributed by atoms with Gasteiger partial charge in [0.1, 0.15) is 0 Å². The zero-order valence-electron chi connectivity index (χ0n) is 7.56. The van der Waals surface area contributed by atoms with E-state index in [1.54, 1.807) is 7.05 Å². The summed E-state index contributed by atoms with van der Waals surface area (Å²) in [5.74, 6) is 0.317. The van der Waals surface area contributed by atoms with Crippen molar-refractivity contribution in [3.8, 4) is 0 Å². The van der Waals surface area contributed by atoms with Crippen LogP contribution in [0.3, 0.4) is 0 Å². The Morgan fingerprint density at radius 2 is 1.93 bits per heavy atom.